The summed E-state index contributed by atoms with van der Waals surface area (Å²) in [6, 6.07) is -0.466. The maximum atomic E-state index is 12.1. The number of esters is 1. The average Bonchev–Trinajstić information content (AvgIpc) is 2.87. The van der Waals surface area contributed by atoms with Gasteiger partial charge in [0.15, 0.2) is 0 Å². The van der Waals surface area contributed by atoms with E-state index >= 15 is 0 Å². The SMILES string of the molecule is CCOC(=O)CCC(=O)N(CC)C1COCC1C(=O)O. The molecular formula is C13H21NO6. The molecule has 1 heterocycles. The fourth-order valence-electron chi connectivity index (χ4n) is 2.27. The number of nitrogens with zero attached hydrogens (tertiary/aromatic N) is 1. The Morgan fingerprint density at radius 2 is 1.95 bits per heavy atom. The molecule has 1 fully saturated rings. The minimum absolute atomic E-state index is 0.00842. The Bertz CT molecular complexity index is 370. The minimum atomic E-state index is -0.968. The molecule has 2 atom stereocenters. The third-order valence-corrected chi connectivity index (χ3v) is 3.28. The predicted molar refractivity (Wildman–Crippen MR) is 69.0 cm³/mol. The first-order chi connectivity index (χ1) is 9.51. The lowest BCUT2D eigenvalue weighted by molar-refractivity contribution is -0.148. The van der Waals surface area contributed by atoms with Crippen molar-refractivity contribution >= 4 is 17.8 Å². The molecule has 7 heteroatoms. The molecule has 20 heavy (non-hydrogen) atoms. The van der Waals surface area contributed by atoms with Crippen molar-refractivity contribution in [1.29, 1.82) is 0 Å². The van der Waals surface area contributed by atoms with Gasteiger partial charge in [0.2, 0.25) is 5.91 Å². The van der Waals surface area contributed by atoms with Crippen molar-refractivity contribution in [2.24, 2.45) is 5.92 Å². The number of amides is 1. The van der Waals surface area contributed by atoms with E-state index in [0.717, 1.165) is 0 Å². The molecule has 0 bridgehead atoms. The molecule has 0 radical (unpaired) electrons. The molecule has 1 rings (SSSR count). The first-order valence-electron chi connectivity index (χ1n) is 6.76. The van der Waals surface area contributed by atoms with Gasteiger partial charge in [0, 0.05) is 13.0 Å². The van der Waals surface area contributed by atoms with Gasteiger partial charge in [-0.3, -0.25) is 14.4 Å². The third-order valence-electron chi connectivity index (χ3n) is 3.28. The van der Waals surface area contributed by atoms with Gasteiger partial charge in [-0.15, -0.1) is 0 Å². The summed E-state index contributed by atoms with van der Waals surface area (Å²) in [5.41, 5.74) is 0. The molecule has 1 amide bonds. The number of hydrogen-bond donors (Lipinski definition) is 1. The summed E-state index contributed by atoms with van der Waals surface area (Å²) in [5, 5.41) is 9.11. The van der Waals surface area contributed by atoms with Gasteiger partial charge in [0.05, 0.1) is 32.3 Å². The molecule has 1 saturated heterocycles. The summed E-state index contributed by atoms with van der Waals surface area (Å²) in [6.45, 7) is 4.48. The van der Waals surface area contributed by atoms with Crippen LogP contribution in [0, 0.1) is 5.92 Å². The van der Waals surface area contributed by atoms with Crippen molar-refractivity contribution in [2.45, 2.75) is 32.7 Å². The Morgan fingerprint density at radius 1 is 1.25 bits per heavy atom. The van der Waals surface area contributed by atoms with Gasteiger partial charge in [0.1, 0.15) is 5.92 Å². The number of carboxylic acid groups (broad SMARTS) is 1. The van der Waals surface area contributed by atoms with Crippen LogP contribution >= 0.6 is 0 Å². The summed E-state index contributed by atoms with van der Waals surface area (Å²) in [4.78, 5) is 35.9. The van der Waals surface area contributed by atoms with Gasteiger partial charge in [0.25, 0.3) is 0 Å². The molecule has 0 aromatic carbocycles. The molecule has 1 N–H and O–H groups in total. The molecule has 1 aliphatic heterocycles. The smallest absolute Gasteiger partial charge is 0.311 e. The van der Waals surface area contributed by atoms with E-state index in [4.69, 9.17) is 14.6 Å². The van der Waals surface area contributed by atoms with Crippen molar-refractivity contribution in [1.82, 2.24) is 4.90 Å². The molecule has 7 nitrogen and oxygen atoms in total. The Hall–Kier alpha value is -1.63. The van der Waals surface area contributed by atoms with E-state index in [2.05, 4.69) is 0 Å². The van der Waals surface area contributed by atoms with Crippen LogP contribution in [0.2, 0.25) is 0 Å². The molecule has 114 valence electrons. The van der Waals surface area contributed by atoms with E-state index in [9.17, 15) is 14.4 Å². The van der Waals surface area contributed by atoms with Gasteiger partial charge >= 0.3 is 11.9 Å². The highest BCUT2D eigenvalue weighted by molar-refractivity contribution is 5.82. The van der Waals surface area contributed by atoms with Gasteiger partial charge < -0.3 is 19.5 Å². The van der Waals surface area contributed by atoms with Crippen molar-refractivity contribution in [3.05, 3.63) is 0 Å². The minimum Gasteiger partial charge on any atom is -0.481 e. The van der Waals surface area contributed by atoms with Crippen LogP contribution in [0.1, 0.15) is 26.7 Å². The first-order valence-corrected chi connectivity index (χ1v) is 6.76. The lowest BCUT2D eigenvalue weighted by Crippen LogP contribution is -2.46. The molecule has 1 aliphatic rings. The first kappa shape index (κ1) is 16.4. The van der Waals surface area contributed by atoms with Crippen LogP contribution in [0.25, 0.3) is 0 Å². The van der Waals surface area contributed by atoms with Gasteiger partial charge in [-0.1, -0.05) is 0 Å². The Morgan fingerprint density at radius 3 is 2.50 bits per heavy atom. The molecule has 0 saturated carbocycles. The largest absolute Gasteiger partial charge is 0.481 e. The number of ether oxygens (including phenoxy) is 2. The molecule has 0 aromatic rings. The lowest BCUT2D eigenvalue weighted by atomic mass is 10.0. The van der Waals surface area contributed by atoms with Crippen LogP contribution in [-0.2, 0) is 23.9 Å². The molecular weight excluding hydrogens is 266 g/mol. The number of rotatable bonds is 7. The number of carbonyl (C=O) groups is 3. The highest BCUT2D eigenvalue weighted by Crippen LogP contribution is 2.21. The van der Waals surface area contributed by atoms with Crippen molar-refractivity contribution in [3.63, 3.8) is 0 Å². The zero-order chi connectivity index (χ0) is 15.1. The van der Waals surface area contributed by atoms with Gasteiger partial charge in [-0.2, -0.15) is 0 Å². The number of aliphatic carboxylic acids is 1. The molecule has 0 spiro atoms. The summed E-state index contributed by atoms with van der Waals surface area (Å²) in [5.74, 6) is -2.35. The second-order valence-electron chi connectivity index (χ2n) is 4.53. The van der Waals surface area contributed by atoms with Gasteiger partial charge in [-0.25, -0.2) is 0 Å². The van der Waals surface area contributed by atoms with Crippen LogP contribution in [0.3, 0.4) is 0 Å². The van der Waals surface area contributed by atoms with Gasteiger partial charge in [-0.05, 0) is 13.8 Å². The second-order valence-corrected chi connectivity index (χ2v) is 4.53. The van der Waals surface area contributed by atoms with E-state index in [-0.39, 0.29) is 38.6 Å². The monoisotopic (exact) mass is 287 g/mol. The standard InChI is InChI=1S/C13H21NO6/c1-3-14(10-8-19-7-9(10)13(17)18)11(15)5-6-12(16)20-4-2/h9-10H,3-8H2,1-2H3,(H,17,18). The maximum Gasteiger partial charge on any atom is 0.311 e. The van der Waals surface area contributed by atoms with Crippen LogP contribution in [0.4, 0.5) is 0 Å². The highest BCUT2D eigenvalue weighted by atomic mass is 16.5. The van der Waals surface area contributed by atoms with Crippen molar-refractivity contribution in [2.75, 3.05) is 26.4 Å². The third kappa shape index (κ3) is 4.19. The highest BCUT2D eigenvalue weighted by Gasteiger charge is 2.39. The normalized spacial score (nSPS) is 21.5. The average molecular weight is 287 g/mol. The summed E-state index contributed by atoms with van der Waals surface area (Å²) >= 11 is 0. The second kappa shape index (κ2) is 7.84. The topological polar surface area (TPSA) is 93.1 Å². The number of carboxylic acids is 1. The Kier molecular flexibility index (Phi) is 6.44. The van der Waals surface area contributed by atoms with E-state index < -0.39 is 23.9 Å². The number of hydrogen-bond acceptors (Lipinski definition) is 5. The zero-order valence-electron chi connectivity index (χ0n) is 11.8. The fraction of sp³-hybridized carbons (Fsp3) is 0.769. The van der Waals surface area contributed by atoms with Crippen LogP contribution < -0.4 is 0 Å². The quantitative estimate of drug-likeness (QED) is 0.676. The summed E-state index contributed by atoms with van der Waals surface area (Å²) in [7, 11) is 0. The summed E-state index contributed by atoms with van der Waals surface area (Å²) in [6.07, 6.45) is 0.0317. The van der Waals surface area contributed by atoms with Crippen molar-refractivity contribution < 1.29 is 29.0 Å². The molecule has 0 aliphatic carbocycles. The summed E-state index contributed by atoms with van der Waals surface area (Å²) < 4.78 is 9.92. The maximum absolute atomic E-state index is 12.1. The van der Waals surface area contributed by atoms with Crippen LogP contribution in [0.15, 0.2) is 0 Å². The predicted octanol–water partition coefficient (Wildman–Crippen LogP) is 0.278. The van der Waals surface area contributed by atoms with E-state index in [1.165, 1.54) is 4.90 Å². The van der Waals surface area contributed by atoms with Crippen molar-refractivity contribution in [3.8, 4) is 0 Å². The zero-order valence-corrected chi connectivity index (χ0v) is 11.8. The molecule has 2 unspecified atom stereocenters. The fourth-order valence-corrected chi connectivity index (χ4v) is 2.27. The lowest BCUT2D eigenvalue weighted by Gasteiger charge is -2.29. The van der Waals surface area contributed by atoms with E-state index in [1.807, 2.05) is 0 Å². The van der Waals surface area contributed by atoms with Crippen LogP contribution in [-0.4, -0.2) is 60.3 Å². The Balaban J connectivity index is 2.58. The van der Waals surface area contributed by atoms with E-state index in [1.54, 1.807) is 13.8 Å². The van der Waals surface area contributed by atoms with E-state index in [0.29, 0.717) is 6.54 Å². The Labute approximate surface area is 117 Å². The van der Waals surface area contributed by atoms with Crippen LogP contribution in [0.5, 0.6) is 0 Å². The number of likely N-dealkylation sites (N-methyl/N-ethyl adjacent to an activating group) is 1. The number of carbonyl (C=O) groups excluding carboxylic acids is 2. The molecule has 0 aromatic heterocycles.